The third-order valence-electron chi connectivity index (χ3n) is 8.72. The molecule has 226 valence electrons. The molecule has 0 amide bonds. The molecule has 4 aliphatic heterocycles. The number of benzene rings is 1. The Kier molecular flexibility index (Phi) is 7.25. The summed E-state index contributed by atoms with van der Waals surface area (Å²) in [6.07, 6.45) is -4.76. The lowest BCUT2D eigenvalue weighted by Crippen LogP contribution is -2.68. The van der Waals surface area contributed by atoms with Gasteiger partial charge in [0, 0.05) is 24.9 Å². The van der Waals surface area contributed by atoms with E-state index in [1.54, 1.807) is 6.92 Å². The van der Waals surface area contributed by atoms with Crippen molar-refractivity contribution in [2.45, 2.75) is 101 Å². The minimum atomic E-state index is -2.08. The van der Waals surface area contributed by atoms with Crippen LogP contribution in [0.3, 0.4) is 0 Å². The van der Waals surface area contributed by atoms with Crippen molar-refractivity contribution >= 4 is 23.5 Å². The molecule has 0 aromatic heterocycles. The maximum Gasteiger partial charge on any atom is 0.309 e. The Bertz CT molecular complexity index is 1370. The molecule has 1 aromatic carbocycles. The van der Waals surface area contributed by atoms with E-state index in [9.17, 15) is 24.3 Å². The van der Waals surface area contributed by atoms with Gasteiger partial charge in [-0.05, 0) is 46.9 Å². The molecule has 1 aromatic rings. The normalized spacial score (nSPS) is 37.8. The van der Waals surface area contributed by atoms with Crippen LogP contribution in [0.15, 0.2) is 29.3 Å². The molecule has 1 aliphatic carbocycles. The van der Waals surface area contributed by atoms with Crippen LogP contribution >= 0.6 is 0 Å². The van der Waals surface area contributed by atoms with Gasteiger partial charge in [-0.1, -0.05) is 12.1 Å². The number of ether oxygens (including phenoxy) is 6. The highest BCUT2D eigenvalue weighted by Gasteiger charge is 2.66. The first-order valence-electron chi connectivity index (χ1n) is 14.3. The number of phenols is 1. The second-order valence-corrected chi connectivity index (χ2v) is 11.8. The molecule has 0 bridgehead atoms. The number of rotatable bonds is 4. The van der Waals surface area contributed by atoms with Gasteiger partial charge in [-0.2, -0.15) is 0 Å². The third-order valence-corrected chi connectivity index (χ3v) is 8.72. The number of Topliss-reactive ketones (excluding diaryl/α,β-unsaturated/α-hetero) is 2. The van der Waals surface area contributed by atoms with E-state index < -0.39 is 71.9 Å². The number of carbonyl (C=O) groups excluding carboxylic acids is 4. The topological polar surface area (TPSA) is 147 Å². The molecular formula is C30H35NO11. The second-order valence-electron chi connectivity index (χ2n) is 11.8. The van der Waals surface area contributed by atoms with E-state index in [1.165, 1.54) is 25.1 Å². The van der Waals surface area contributed by atoms with Crippen molar-refractivity contribution in [1.29, 1.82) is 0 Å². The van der Waals surface area contributed by atoms with Gasteiger partial charge >= 0.3 is 11.9 Å². The third kappa shape index (κ3) is 4.56. The van der Waals surface area contributed by atoms with Gasteiger partial charge in [-0.25, -0.2) is 0 Å². The number of esters is 2. The van der Waals surface area contributed by atoms with E-state index in [-0.39, 0.29) is 47.3 Å². The van der Waals surface area contributed by atoms with Gasteiger partial charge in [0.2, 0.25) is 5.79 Å². The molecule has 42 heavy (non-hydrogen) atoms. The zero-order valence-electron chi connectivity index (χ0n) is 24.2. The van der Waals surface area contributed by atoms with E-state index in [0.717, 1.165) is 6.42 Å². The average molecular weight is 586 g/mol. The first-order chi connectivity index (χ1) is 19.9. The summed E-state index contributed by atoms with van der Waals surface area (Å²) in [5, 5.41) is 10.7. The van der Waals surface area contributed by atoms with Gasteiger partial charge in [0.05, 0.1) is 35.3 Å². The van der Waals surface area contributed by atoms with Crippen LogP contribution in [0.25, 0.3) is 0 Å². The average Bonchev–Trinajstić information content (AvgIpc) is 3.27. The summed E-state index contributed by atoms with van der Waals surface area (Å²) in [5.74, 6) is -4.99. The van der Waals surface area contributed by atoms with Gasteiger partial charge in [-0.15, -0.1) is 0 Å². The van der Waals surface area contributed by atoms with Crippen molar-refractivity contribution in [1.82, 2.24) is 4.90 Å². The fourth-order valence-electron chi connectivity index (χ4n) is 7.05. The lowest BCUT2D eigenvalue weighted by molar-refractivity contribution is -0.369. The number of hydrogen-bond acceptors (Lipinski definition) is 12. The van der Waals surface area contributed by atoms with Crippen molar-refractivity contribution < 1.29 is 52.7 Å². The minimum Gasteiger partial charge on any atom is -0.507 e. The summed E-state index contributed by atoms with van der Waals surface area (Å²) in [5.41, 5.74) is -0.557. The Labute approximate surface area is 242 Å². The van der Waals surface area contributed by atoms with Crippen LogP contribution in [0.5, 0.6) is 5.75 Å². The second kappa shape index (κ2) is 10.5. The predicted molar refractivity (Wildman–Crippen MR) is 143 cm³/mol. The number of hydrogen-bond donors (Lipinski definition) is 1. The molecule has 0 saturated carbocycles. The number of ketones is 2. The van der Waals surface area contributed by atoms with Crippen LogP contribution in [0.4, 0.5) is 0 Å². The molecule has 12 nitrogen and oxygen atoms in total. The zero-order chi connectivity index (χ0) is 30.1. The largest absolute Gasteiger partial charge is 0.507 e. The van der Waals surface area contributed by atoms with Crippen molar-refractivity contribution in [3.63, 3.8) is 0 Å². The molecule has 4 heterocycles. The molecule has 1 N–H and O–H groups in total. The van der Waals surface area contributed by atoms with Crippen LogP contribution in [0.1, 0.15) is 67.2 Å². The smallest absolute Gasteiger partial charge is 0.309 e. The van der Waals surface area contributed by atoms with Gasteiger partial charge in [0.15, 0.2) is 30.1 Å². The van der Waals surface area contributed by atoms with Crippen LogP contribution in [-0.4, -0.2) is 102 Å². The molecule has 2 unspecified atom stereocenters. The first kappa shape index (κ1) is 28.9. The van der Waals surface area contributed by atoms with Crippen molar-refractivity contribution in [2.75, 3.05) is 14.1 Å². The Morgan fingerprint density at radius 1 is 1.10 bits per heavy atom. The highest BCUT2D eigenvalue weighted by molar-refractivity contribution is 6.29. The van der Waals surface area contributed by atoms with E-state index >= 15 is 0 Å². The van der Waals surface area contributed by atoms with Gasteiger partial charge in [0.25, 0.3) is 0 Å². The van der Waals surface area contributed by atoms with E-state index in [4.69, 9.17) is 28.4 Å². The fourth-order valence-corrected chi connectivity index (χ4v) is 7.05. The van der Waals surface area contributed by atoms with Crippen LogP contribution < -0.4 is 0 Å². The first-order valence-corrected chi connectivity index (χ1v) is 14.3. The van der Waals surface area contributed by atoms with Crippen LogP contribution in [0, 0.1) is 0 Å². The van der Waals surface area contributed by atoms with E-state index in [1.807, 2.05) is 21.0 Å². The number of phenolic OH excluding ortho intramolecular Hbond substituents is 1. The van der Waals surface area contributed by atoms with Gasteiger partial charge in [-0.3, -0.25) is 19.2 Å². The lowest BCUT2D eigenvalue weighted by Gasteiger charge is -2.54. The maximum absolute atomic E-state index is 14.3. The predicted octanol–water partition coefficient (Wildman–Crippen LogP) is 2.06. The fraction of sp³-hybridized carbons (Fsp3) is 0.600. The summed E-state index contributed by atoms with van der Waals surface area (Å²) in [6, 6.07) is 4.35. The van der Waals surface area contributed by atoms with Gasteiger partial charge < -0.3 is 38.4 Å². The number of likely N-dealkylation sites (N-methyl/N-ethyl adjacent to an activating group) is 1. The van der Waals surface area contributed by atoms with E-state index in [0.29, 0.717) is 6.42 Å². The molecule has 1 spiro atoms. The standard InChI is InChI=1S/C30H35NO11/c1-13-11-20(38-15(3)32)29(40-22-10-9-17(31(4)5)14(2)37-22)30(41-13)25-24(28-19(42-30)12-21(34)39-28)26(35)16-7-6-8-18(33)23(16)27(25)36/h6-8,13-14,17,19-20,22,28-29,33H,9-12H2,1-5H3/t13-,14+,17-,19?,20-,22+,28?,29-,30-/m0/s1. The molecule has 3 fully saturated rings. The molecule has 9 atom stereocenters. The van der Waals surface area contributed by atoms with Crippen LogP contribution in [-0.2, 0) is 38.0 Å². The monoisotopic (exact) mass is 585 g/mol. The van der Waals surface area contributed by atoms with Crippen molar-refractivity contribution in [3.8, 4) is 5.75 Å². The van der Waals surface area contributed by atoms with E-state index in [2.05, 4.69) is 4.90 Å². The molecule has 3 saturated heterocycles. The summed E-state index contributed by atoms with van der Waals surface area (Å²) in [7, 11) is 3.94. The SMILES string of the molecule is CC(=O)O[C@H]1C[C@H](C)O[C@@]2(OC3CC(=O)OC3C3=C2C(=O)c2c(O)cccc2C3=O)[C@H]1O[C@@H]1CC[C@H](N(C)C)[C@@H](C)O1. The highest BCUT2D eigenvalue weighted by Crippen LogP contribution is 2.52. The molecular weight excluding hydrogens is 550 g/mol. The molecule has 0 radical (unpaired) electrons. The van der Waals surface area contributed by atoms with Crippen molar-refractivity contribution in [3.05, 3.63) is 40.5 Å². The number of carbonyl (C=O) groups is 4. The summed E-state index contributed by atoms with van der Waals surface area (Å²) >= 11 is 0. The highest BCUT2D eigenvalue weighted by atomic mass is 16.8. The number of aromatic hydroxyl groups is 1. The van der Waals surface area contributed by atoms with Crippen molar-refractivity contribution in [2.24, 2.45) is 0 Å². The summed E-state index contributed by atoms with van der Waals surface area (Å²) < 4.78 is 37.0. The maximum atomic E-state index is 14.3. The Hall–Kier alpha value is -3.16. The number of nitrogens with zero attached hydrogens (tertiary/aromatic N) is 1. The van der Waals surface area contributed by atoms with Gasteiger partial charge in [0.1, 0.15) is 18.0 Å². The zero-order valence-corrected chi connectivity index (χ0v) is 24.2. The van der Waals surface area contributed by atoms with Crippen LogP contribution in [0.2, 0.25) is 0 Å². The number of fused-ring (bicyclic) bond motifs is 4. The lowest BCUT2D eigenvalue weighted by atomic mass is 9.72. The summed E-state index contributed by atoms with van der Waals surface area (Å²) in [6.45, 7) is 4.92. The molecule has 12 heteroatoms. The minimum absolute atomic E-state index is 0.0190. The molecule has 6 rings (SSSR count). The Morgan fingerprint density at radius 2 is 1.86 bits per heavy atom. The Morgan fingerprint density at radius 3 is 2.55 bits per heavy atom. The quantitative estimate of drug-likeness (QED) is 0.516. The molecule has 5 aliphatic rings. The summed E-state index contributed by atoms with van der Waals surface area (Å²) in [4.78, 5) is 55.2. The Balaban J connectivity index is 1.50.